The second kappa shape index (κ2) is 8.75. The lowest BCUT2D eigenvalue weighted by Gasteiger charge is -2.16. The van der Waals surface area contributed by atoms with Gasteiger partial charge in [-0.3, -0.25) is 14.8 Å². The number of ether oxygens (including phenoxy) is 1. The van der Waals surface area contributed by atoms with Gasteiger partial charge in [0.15, 0.2) is 11.6 Å². The molecule has 5 rings (SSSR count). The van der Waals surface area contributed by atoms with E-state index >= 15 is 0 Å². The largest absolute Gasteiger partial charge is 0.452 e. The van der Waals surface area contributed by atoms with Crippen molar-refractivity contribution in [3.8, 4) is 28.7 Å². The monoisotopic (exact) mass is 450 g/mol. The minimum absolute atomic E-state index is 0.0635. The smallest absolute Gasteiger partial charge is 0.258 e. The molecule has 2 aromatic heterocycles. The number of fused-ring (bicyclic) bond motifs is 1. The number of rotatable bonds is 5. The lowest BCUT2D eigenvalue weighted by atomic mass is 10.1. The molecule has 1 aliphatic heterocycles. The molecule has 2 aromatic carbocycles. The number of nitriles is 1. The fourth-order valence-electron chi connectivity index (χ4n) is 4.02. The van der Waals surface area contributed by atoms with E-state index in [1.807, 2.05) is 43.3 Å². The minimum Gasteiger partial charge on any atom is -0.452 e. The van der Waals surface area contributed by atoms with Gasteiger partial charge in [0.2, 0.25) is 0 Å². The summed E-state index contributed by atoms with van der Waals surface area (Å²) in [5, 5.41) is 9.30. The van der Waals surface area contributed by atoms with Gasteiger partial charge in [0.1, 0.15) is 11.8 Å². The first-order valence-electron chi connectivity index (χ1n) is 10.7. The third-order valence-electron chi connectivity index (χ3n) is 5.68. The van der Waals surface area contributed by atoms with E-state index in [9.17, 15) is 14.4 Å². The fourth-order valence-corrected chi connectivity index (χ4v) is 4.02. The molecule has 166 valence electrons. The maximum atomic E-state index is 14.3. The van der Waals surface area contributed by atoms with Crippen LogP contribution >= 0.6 is 0 Å². The molecule has 34 heavy (non-hydrogen) atoms. The van der Waals surface area contributed by atoms with Crippen molar-refractivity contribution < 1.29 is 13.9 Å². The molecule has 0 radical (unpaired) electrons. The predicted molar refractivity (Wildman–Crippen MR) is 123 cm³/mol. The number of carbonyl (C=O) groups is 1. The van der Waals surface area contributed by atoms with E-state index in [4.69, 9.17) is 4.74 Å². The van der Waals surface area contributed by atoms with Gasteiger partial charge in [-0.15, -0.1) is 0 Å². The van der Waals surface area contributed by atoms with Gasteiger partial charge in [-0.2, -0.15) is 5.26 Å². The van der Waals surface area contributed by atoms with Crippen LogP contribution < -0.4 is 4.74 Å². The molecule has 0 aliphatic carbocycles. The lowest BCUT2D eigenvalue weighted by Crippen LogP contribution is -2.24. The molecular formula is C27H19FN4O2. The molecule has 0 saturated heterocycles. The molecule has 7 heteroatoms. The first-order valence-corrected chi connectivity index (χ1v) is 10.7. The summed E-state index contributed by atoms with van der Waals surface area (Å²) >= 11 is 0. The molecule has 0 unspecified atom stereocenters. The van der Waals surface area contributed by atoms with Gasteiger partial charge in [-0.05, 0) is 54.4 Å². The van der Waals surface area contributed by atoms with Gasteiger partial charge in [-0.1, -0.05) is 24.3 Å². The molecule has 6 nitrogen and oxygen atoms in total. The summed E-state index contributed by atoms with van der Waals surface area (Å²) in [7, 11) is 0. The standard InChI is InChI=1S/C27H19FN4O2/c1-17-12-18(10-11-30-17)20-8-9-22(31-14-20)16-32-15-21-5-3-7-24(25(21)27(32)33)34-26-19(13-29)4-2-6-23(26)28/h2-12,14H,15-16H2,1H3. The van der Waals surface area contributed by atoms with Crippen LogP contribution in [0.5, 0.6) is 11.5 Å². The van der Waals surface area contributed by atoms with Crippen LogP contribution in [0.25, 0.3) is 11.1 Å². The van der Waals surface area contributed by atoms with Crippen LogP contribution in [-0.2, 0) is 13.1 Å². The van der Waals surface area contributed by atoms with Crippen molar-refractivity contribution in [3.05, 3.63) is 107 Å². The van der Waals surface area contributed by atoms with Gasteiger partial charge in [-0.25, -0.2) is 4.39 Å². The van der Waals surface area contributed by atoms with Crippen LogP contribution in [-0.4, -0.2) is 20.8 Å². The van der Waals surface area contributed by atoms with Crippen molar-refractivity contribution in [2.24, 2.45) is 0 Å². The van der Waals surface area contributed by atoms with Gasteiger partial charge in [0.25, 0.3) is 5.91 Å². The SMILES string of the molecule is Cc1cc(-c2ccc(CN3Cc4cccc(Oc5c(F)cccc5C#N)c4C3=O)nc2)ccn1. The van der Waals surface area contributed by atoms with E-state index in [1.54, 1.807) is 29.4 Å². The summed E-state index contributed by atoms with van der Waals surface area (Å²) in [5.74, 6) is -0.847. The third kappa shape index (κ3) is 3.97. The fraction of sp³-hybridized carbons (Fsp3) is 0.111. The van der Waals surface area contributed by atoms with Crippen molar-refractivity contribution in [3.63, 3.8) is 0 Å². The first-order chi connectivity index (χ1) is 16.5. The maximum Gasteiger partial charge on any atom is 0.258 e. The third-order valence-corrected chi connectivity index (χ3v) is 5.68. The van der Waals surface area contributed by atoms with Crippen LogP contribution in [0.1, 0.15) is 32.9 Å². The Bertz CT molecular complexity index is 1440. The topological polar surface area (TPSA) is 79.1 Å². The van der Waals surface area contributed by atoms with Crippen LogP contribution in [0.2, 0.25) is 0 Å². The zero-order valence-electron chi connectivity index (χ0n) is 18.3. The van der Waals surface area contributed by atoms with Gasteiger partial charge in [0, 0.05) is 30.2 Å². The molecule has 0 bridgehead atoms. The highest BCUT2D eigenvalue weighted by molar-refractivity contribution is 6.01. The Balaban J connectivity index is 1.37. The summed E-state index contributed by atoms with van der Waals surface area (Å²) in [4.78, 5) is 23.7. The highest BCUT2D eigenvalue weighted by atomic mass is 19.1. The van der Waals surface area contributed by atoms with E-state index in [0.717, 1.165) is 28.1 Å². The number of pyridine rings is 2. The molecular weight excluding hydrogens is 431 g/mol. The predicted octanol–water partition coefficient (Wildman–Crippen LogP) is 5.41. The molecule has 0 fully saturated rings. The molecule has 3 heterocycles. The van der Waals surface area contributed by atoms with Gasteiger partial charge < -0.3 is 9.64 Å². The highest BCUT2D eigenvalue weighted by Gasteiger charge is 2.31. The first kappa shape index (κ1) is 21.3. The summed E-state index contributed by atoms with van der Waals surface area (Å²) in [6.07, 6.45) is 3.55. The number of halogens is 1. The zero-order valence-corrected chi connectivity index (χ0v) is 18.3. The molecule has 0 spiro atoms. The number of hydrogen-bond acceptors (Lipinski definition) is 5. The number of para-hydroxylation sites is 1. The number of benzene rings is 2. The normalized spacial score (nSPS) is 12.4. The van der Waals surface area contributed by atoms with Crippen molar-refractivity contribution in [2.45, 2.75) is 20.0 Å². The molecule has 4 aromatic rings. The average Bonchev–Trinajstić information content (AvgIpc) is 3.16. The Hall–Kier alpha value is -4.57. The van der Waals surface area contributed by atoms with E-state index in [2.05, 4.69) is 9.97 Å². The van der Waals surface area contributed by atoms with Crippen LogP contribution in [0.3, 0.4) is 0 Å². The Morgan fingerprint density at radius 2 is 1.94 bits per heavy atom. The maximum absolute atomic E-state index is 14.3. The Morgan fingerprint density at radius 3 is 2.71 bits per heavy atom. The summed E-state index contributed by atoms with van der Waals surface area (Å²) in [6.45, 7) is 2.65. The Labute approximate surface area is 195 Å². The van der Waals surface area contributed by atoms with Crippen molar-refractivity contribution in [1.29, 1.82) is 5.26 Å². The van der Waals surface area contributed by atoms with Gasteiger partial charge in [0.05, 0.1) is 23.4 Å². The van der Waals surface area contributed by atoms with Crippen molar-refractivity contribution in [2.75, 3.05) is 0 Å². The number of hydrogen-bond donors (Lipinski definition) is 0. The lowest BCUT2D eigenvalue weighted by molar-refractivity contribution is 0.0763. The minimum atomic E-state index is -0.660. The van der Waals surface area contributed by atoms with Crippen LogP contribution in [0.15, 0.2) is 73.1 Å². The second-order valence-corrected chi connectivity index (χ2v) is 8.01. The average molecular weight is 450 g/mol. The molecule has 0 saturated carbocycles. The molecule has 0 N–H and O–H groups in total. The molecule has 1 aliphatic rings. The molecule has 1 amide bonds. The molecule has 0 atom stereocenters. The summed E-state index contributed by atoms with van der Waals surface area (Å²) in [6, 6.07) is 19.1. The van der Waals surface area contributed by atoms with Gasteiger partial charge >= 0.3 is 0 Å². The number of aromatic nitrogens is 2. The number of aryl methyl sites for hydroxylation is 1. The van der Waals surface area contributed by atoms with Crippen LogP contribution in [0, 0.1) is 24.1 Å². The van der Waals surface area contributed by atoms with Crippen LogP contribution in [0.4, 0.5) is 4.39 Å². The van der Waals surface area contributed by atoms with E-state index < -0.39 is 5.82 Å². The summed E-state index contributed by atoms with van der Waals surface area (Å²) < 4.78 is 20.1. The zero-order chi connectivity index (χ0) is 23.7. The summed E-state index contributed by atoms with van der Waals surface area (Å²) in [5.41, 5.74) is 4.90. The highest BCUT2D eigenvalue weighted by Crippen LogP contribution is 2.36. The number of carbonyl (C=O) groups excluding carboxylic acids is 1. The second-order valence-electron chi connectivity index (χ2n) is 8.01. The Morgan fingerprint density at radius 1 is 1.09 bits per heavy atom. The quantitative estimate of drug-likeness (QED) is 0.406. The van der Waals surface area contributed by atoms with E-state index in [-0.39, 0.29) is 23.0 Å². The number of amides is 1. The number of nitrogens with zero attached hydrogens (tertiary/aromatic N) is 4. The Kier molecular flexibility index (Phi) is 5.48. The van der Waals surface area contributed by atoms with Crippen molar-refractivity contribution in [1.82, 2.24) is 14.9 Å². The van der Waals surface area contributed by atoms with E-state index in [0.29, 0.717) is 18.7 Å². The van der Waals surface area contributed by atoms with Crippen molar-refractivity contribution >= 4 is 5.91 Å². The van der Waals surface area contributed by atoms with E-state index in [1.165, 1.54) is 18.2 Å².